The van der Waals surface area contributed by atoms with Gasteiger partial charge in [0.15, 0.2) is 0 Å². The lowest BCUT2D eigenvalue weighted by Gasteiger charge is -2.11. The van der Waals surface area contributed by atoms with E-state index in [-0.39, 0.29) is 17.4 Å². The number of aromatic nitrogens is 3. The number of hydrogen-bond acceptors (Lipinski definition) is 5. The van der Waals surface area contributed by atoms with Crippen molar-refractivity contribution in [2.45, 2.75) is 19.4 Å². The number of halogens is 1. The predicted octanol–water partition coefficient (Wildman–Crippen LogP) is 2.35. The lowest BCUT2D eigenvalue weighted by atomic mass is 10.1. The zero-order chi connectivity index (χ0) is 16.7. The SMILES string of the molecule is O=C1CCCN1Cc1nnc(-c2cc3ccc(Cl)cc3c(=O)[nH]2)o1. The summed E-state index contributed by atoms with van der Waals surface area (Å²) in [5, 5.41) is 9.65. The van der Waals surface area contributed by atoms with Gasteiger partial charge in [0.1, 0.15) is 5.69 Å². The van der Waals surface area contributed by atoms with E-state index in [1.165, 1.54) is 0 Å². The summed E-state index contributed by atoms with van der Waals surface area (Å²) in [6, 6.07) is 6.84. The fourth-order valence-electron chi connectivity index (χ4n) is 2.81. The maximum absolute atomic E-state index is 12.2. The Hall–Kier alpha value is -2.67. The number of pyridine rings is 1. The third-order valence-corrected chi connectivity index (χ3v) is 4.24. The van der Waals surface area contributed by atoms with Crippen molar-refractivity contribution in [1.82, 2.24) is 20.1 Å². The molecule has 1 saturated heterocycles. The molecule has 4 rings (SSSR count). The topological polar surface area (TPSA) is 92.1 Å². The van der Waals surface area contributed by atoms with E-state index in [1.54, 1.807) is 29.2 Å². The van der Waals surface area contributed by atoms with Crippen LogP contribution in [0.4, 0.5) is 0 Å². The summed E-state index contributed by atoms with van der Waals surface area (Å²) in [4.78, 5) is 28.2. The van der Waals surface area contributed by atoms with Crippen LogP contribution < -0.4 is 5.56 Å². The summed E-state index contributed by atoms with van der Waals surface area (Å²) in [5.41, 5.74) is 0.154. The fraction of sp³-hybridized carbons (Fsp3) is 0.250. The molecule has 1 aliphatic rings. The van der Waals surface area contributed by atoms with E-state index < -0.39 is 0 Å². The highest BCUT2D eigenvalue weighted by Gasteiger charge is 2.22. The van der Waals surface area contributed by atoms with Crippen LogP contribution in [0.1, 0.15) is 18.7 Å². The van der Waals surface area contributed by atoms with Crippen LogP contribution in [0.2, 0.25) is 5.02 Å². The first-order chi connectivity index (χ1) is 11.6. The monoisotopic (exact) mass is 344 g/mol. The minimum atomic E-state index is -0.278. The van der Waals surface area contributed by atoms with E-state index in [1.807, 2.05) is 0 Å². The van der Waals surface area contributed by atoms with E-state index in [0.29, 0.717) is 41.5 Å². The number of aromatic amines is 1. The number of nitrogens with zero attached hydrogens (tertiary/aromatic N) is 3. The quantitative estimate of drug-likeness (QED) is 0.787. The summed E-state index contributed by atoms with van der Waals surface area (Å²) < 4.78 is 5.60. The molecule has 3 heterocycles. The summed E-state index contributed by atoms with van der Waals surface area (Å²) in [6.07, 6.45) is 1.40. The zero-order valence-electron chi connectivity index (χ0n) is 12.6. The molecular formula is C16H13ClN4O3. The van der Waals surface area contributed by atoms with Crippen molar-refractivity contribution in [3.63, 3.8) is 0 Å². The van der Waals surface area contributed by atoms with Gasteiger partial charge in [-0.2, -0.15) is 0 Å². The number of likely N-dealkylation sites (tertiary alicyclic amines) is 1. The lowest BCUT2D eigenvalue weighted by molar-refractivity contribution is -0.128. The van der Waals surface area contributed by atoms with Crippen molar-refractivity contribution in [3.8, 4) is 11.6 Å². The summed E-state index contributed by atoms with van der Waals surface area (Å²) in [6.45, 7) is 0.989. The first kappa shape index (κ1) is 14.9. The van der Waals surface area contributed by atoms with Crippen molar-refractivity contribution in [1.29, 1.82) is 0 Å². The van der Waals surface area contributed by atoms with Crippen LogP contribution in [0.3, 0.4) is 0 Å². The number of rotatable bonds is 3. The van der Waals surface area contributed by atoms with Crippen molar-refractivity contribution in [2.24, 2.45) is 0 Å². The number of nitrogens with one attached hydrogen (secondary N) is 1. The van der Waals surface area contributed by atoms with Gasteiger partial charge in [-0.3, -0.25) is 9.59 Å². The molecule has 24 heavy (non-hydrogen) atoms. The molecule has 7 nitrogen and oxygen atoms in total. The van der Waals surface area contributed by atoms with Gasteiger partial charge in [-0.15, -0.1) is 10.2 Å². The van der Waals surface area contributed by atoms with Crippen LogP contribution in [-0.4, -0.2) is 32.5 Å². The van der Waals surface area contributed by atoms with E-state index in [0.717, 1.165) is 11.8 Å². The molecule has 122 valence electrons. The van der Waals surface area contributed by atoms with Gasteiger partial charge in [-0.05, 0) is 30.0 Å². The zero-order valence-corrected chi connectivity index (χ0v) is 13.3. The third-order valence-electron chi connectivity index (χ3n) is 4.00. The molecule has 1 aliphatic heterocycles. The predicted molar refractivity (Wildman–Crippen MR) is 87.5 cm³/mol. The number of fused-ring (bicyclic) bond motifs is 1. The second kappa shape index (κ2) is 5.76. The Bertz CT molecular complexity index is 994. The number of H-pyrrole nitrogens is 1. The van der Waals surface area contributed by atoms with Crippen LogP contribution >= 0.6 is 11.6 Å². The Kier molecular flexibility index (Phi) is 3.57. The molecule has 2 aromatic heterocycles. The summed E-state index contributed by atoms with van der Waals surface area (Å²) in [7, 11) is 0. The van der Waals surface area contributed by atoms with Gasteiger partial charge in [0.25, 0.3) is 11.4 Å². The van der Waals surface area contributed by atoms with Gasteiger partial charge in [0, 0.05) is 23.4 Å². The first-order valence-electron chi connectivity index (χ1n) is 7.53. The standard InChI is InChI=1S/C16H13ClN4O3/c17-10-4-3-9-6-12(18-15(23)11(9)7-10)16-20-19-13(24-16)8-21-5-1-2-14(21)22/h3-4,6-7H,1-2,5,8H2,(H,18,23). The molecule has 1 fully saturated rings. The number of hydrogen-bond donors (Lipinski definition) is 1. The molecule has 0 atom stereocenters. The Labute approximate surface area is 141 Å². The number of benzene rings is 1. The number of carbonyl (C=O) groups is 1. The molecule has 1 N–H and O–H groups in total. The second-order valence-electron chi connectivity index (χ2n) is 5.66. The fourth-order valence-corrected chi connectivity index (χ4v) is 2.98. The Morgan fingerprint density at radius 1 is 1.25 bits per heavy atom. The van der Waals surface area contributed by atoms with Gasteiger partial charge in [-0.1, -0.05) is 17.7 Å². The van der Waals surface area contributed by atoms with Gasteiger partial charge in [0.05, 0.1) is 6.54 Å². The molecule has 0 saturated carbocycles. The van der Waals surface area contributed by atoms with Crippen LogP contribution in [-0.2, 0) is 11.3 Å². The maximum Gasteiger partial charge on any atom is 0.264 e. The highest BCUT2D eigenvalue weighted by Crippen LogP contribution is 2.22. The Morgan fingerprint density at radius 3 is 2.92 bits per heavy atom. The minimum absolute atomic E-state index is 0.0886. The van der Waals surface area contributed by atoms with Crippen molar-refractivity contribution < 1.29 is 9.21 Å². The van der Waals surface area contributed by atoms with E-state index in [9.17, 15) is 9.59 Å². The molecule has 0 bridgehead atoms. The Morgan fingerprint density at radius 2 is 2.12 bits per heavy atom. The normalized spacial score (nSPS) is 14.7. The second-order valence-corrected chi connectivity index (χ2v) is 6.10. The average Bonchev–Trinajstić information content (AvgIpc) is 3.18. The molecule has 0 radical (unpaired) electrons. The van der Waals surface area contributed by atoms with E-state index in [2.05, 4.69) is 15.2 Å². The van der Waals surface area contributed by atoms with Crippen LogP contribution in [0.5, 0.6) is 0 Å². The van der Waals surface area contributed by atoms with Crippen molar-refractivity contribution in [3.05, 3.63) is 45.5 Å². The highest BCUT2D eigenvalue weighted by molar-refractivity contribution is 6.31. The van der Waals surface area contributed by atoms with Crippen LogP contribution in [0.25, 0.3) is 22.4 Å². The largest absolute Gasteiger partial charge is 0.417 e. The van der Waals surface area contributed by atoms with Crippen LogP contribution in [0, 0.1) is 0 Å². The molecule has 1 amide bonds. The smallest absolute Gasteiger partial charge is 0.264 e. The van der Waals surface area contributed by atoms with Crippen molar-refractivity contribution in [2.75, 3.05) is 6.54 Å². The summed E-state index contributed by atoms with van der Waals surface area (Å²) >= 11 is 5.92. The van der Waals surface area contributed by atoms with Crippen molar-refractivity contribution >= 4 is 28.3 Å². The molecule has 0 aliphatic carbocycles. The molecule has 0 spiro atoms. The maximum atomic E-state index is 12.2. The number of carbonyl (C=O) groups excluding carboxylic acids is 1. The molecule has 1 aromatic carbocycles. The van der Waals surface area contributed by atoms with Crippen LogP contribution in [0.15, 0.2) is 33.5 Å². The molecule has 8 heteroatoms. The Balaban J connectivity index is 1.67. The van der Waals surface area contributed by atoms with E-state index in [4.69, 9.17) is 16.0 Å². The average molecular weight is 345 g/mol. The van der Waals surface area contributed by atoms with Gasteiger partial charge in [0.2, 0.25) is 11.8 Å². The van der Waals surface area contributed by atoms with E-state index >= 15 is 0 Å². The summed E-state index contributed by atoms with van der Waals surface area (Å²) in [5.74, 6) is 0.647. The minimum Gasteiger partial charge on any atom is -0.417 e. The molecular weight excluding hydrogens is 332 g/mol. The third kappa shape index (κ3) is 2.67. The van der Waals surface area contributed by atoms with Gasteiger partial charge in [-0.25, -0.2) is 0 Å². The lowest BCUT2D eigenvalue weighted by Crippen LogP contribution is -2.23. The van der Waals surface area contributed by atoms with Gasteiger partial charge >= 0.3 is 0 Å². The molecule has 3 aromatic rings. The molecule has 0 unspecified atom stereocenters. The first-order valence-corrected chi connectivity index (χ1v) is 7.91. The number of amides is 1. The highest BCUT2D eigenvalue weighted by atomic mass is 35.5. The van der Waals surface area contributed by atoms with Gasteiger partial charge < -0.3 is 14.3 Å².